The summed E-state index contributed by atoms with van der Waals surface area (Å²) in [6, 6.07) is 9.15. The number of carbonyl (C=O) groups is 2. The lowest BCUT2D eigenvalue weighted by atomic mass is 9.92. The van der Waals surface area contributed by atoms with Crippen LogP contribution in [0.1, 0.15) is 24.8 Å². The van der Waals surface area contributed by atoms with Gasteiger partial charge in [-0.3, -0.25) is 4.79 Å². The van der Waals surface area contributed by atoms with Crippen molar-refractivity contribution < 1.29 is 14.3 Å². The first-order chi connectivity index (χ1) is 8.65. The molecule has 96 valence electrons. The second kappa shape index (κ2) is 5.21. The number of benzene rings is 1. The molecular formula is C14H17NO3. The van der Waals surface area contributed by atoms with Crippen LogP contribution in [0.2, 0.25) is 0 Å². The zero-order chi connectivity index (χ0) is 13.1. The minimum Gasteiger partial charge on any atom is -0.464 e. The highest BCUT2D eigenvalue weighted by atomic mass is 16.5. The predicted molar refractivity (Wildman–Crippen MR) is 67.0 cm³/mol. The molecule has 0 N–H and O–H groups in total. The Morgan fingerprint density at radius 1 is 1.39 bits per heavy atom. The van der Waals surface area contributed by atoms with Gasteiger partial charge in [-0.1, -0.05) is 30.3 Å². The number of amides is 1. The summed E-state index contributed by atoms with van der Waals surface area (Å²) < 4.78 is 5.06. The molecule has 0 unspecified atom stereocenters. The third-order valence-electron chi connectivity index (χ3n) is 3.34. The largest absolute Gasteiger partial charge is 0.464 e. The fourth-order valence-corrected chi connectivity index (χ4v) is 2.42. The number of likely N-dealkylation sites (N-methyl/N-ethyl adjacent to an activating group) is 1. The summed E-state index contributed by atoms with van der Waals surface area (Å²) in [5.74, 6) is -0.440. The molecule has 1 aromatic rings. The highest BCUT2D eigenvalue weighted by molar-refractivity contribution is 5.90. The van der Waals surface area contributed by atoms with Gasteiger partial charge in [-0.15, -0.1) is 0 Å². The van der Waals surface area contributed by atoms with Gasteiger partial charge in [0.2, 0.25) is 5.91 Å². The summed E-state index contributed by atoms with van der Waals surface area (Å²) in [6.07, 6.45) is 0.365. The van der Waals surface area contributed by atoms with Crippen molar-refractivity contribution in [3.63, 3.8) is 0 Å². The molecular weight excluding hydrogens is 230 g/mol. The summed E-state index contributed by atoms with van der Waals surface area (Å²) in [6.45, 7) is 2.10. The van der Waals surface area contributed by atoms with Gasteiger partial charge in [-0.25, -0.2) is 4.79 Å². The van der Waals surface area contributed by atoms with Crippen molar-refractivity contribution >= 4 is 11.9 Å². The smallest absolute Gasteiger partial charge is 0.329 e. The Kier molecular flexibility index (Phi) is 3.65. The van der Waals surface area contributed by atoms with Crippen LogP contribution in [0.15, 0.2) is 30.3 Å². The minimum atomic E-state index is -0.500. The molecule has 0 aromatic heterocycles. The highest BCUT2D eigenvalue weighted by Gasteiger charge is 2.43. The topological polar surface area (TPSA) is 46.6 Å². The molecule has 1 aliphatic heterocycles. The Morgan fingerprint density at radius 2 is 2.06 bits per heavy atom. The molecule has 4 heteroatoms. The number of likely N-dealkylation sites (tertiary alicyclic amines) is 1. The Balaban J connectivity index is 2.28. The van der Waals surface area contributed by atoms with Crippen LogP contribution in [0.4, 0.5) is 0 Å². The van der Waals surface area contributed by atoms with Crippen molar-refractivity contribution in [3.8, 4) is 0 Å². The Hall–Kier alpha value is -1.84. The summed E-state index contributed by atoms with van der Waals surface area (Å²) >= 11 is 0. The van der Waals surface area contributed by atoms with Crippen molar-refractivity contribution in [1.29, 1.82) is 0 Å². The quantitative estimate of drug-likeness (QED) is 0.762. The predicted octanol–water partition coefficient (Wildman–Crippen LogP) is 1.56. The first kappa shape index (κ1) is 12.6. The van der Waals surface area contributed by atoms with Crippen molar-refractivity contribution in [1.82, 2.24) is 4.90 Å². The second-order valence-corrected chi connectivity index (χ2v) is 4.42. The molecule has 1 saturated heterocycles. The van der Waals surface area contributed by atoms with E-state index in [-0.39, 0.29) is 17.8 Å². The normalized spacial score (nSPS) is 23.2. The number of hydrogen-bond donors (Lipinski definition) is 0. The molecule has 1 heterocycles. The number of ether oxygens (including phenoxy) is 1. The number of carbonyl (C=O) groups excluding carboxylic acids is 2. The summed E-state index contributed by atoms with van der Waals surface area (Å²) in [5.41, 5.74) is 1.01. The molecule has 0 aliphatic carbocycles. The third kappa shape index (κ3) is 2.23. The molecule has 2 atom stereocenters. The van der Waals surface area contributed by atoms with Gasteiger partial charge in [-0.05, 0) is 12.5 Å². The van der Waals surface area contributed by atoms with Crippen LogP contribution in [0.25, 0.3) is 0 Å². The van der Waals surface area contributed by atoms with Gasteiger partial charge >= 0.3 is 5.97 Å². The lowest BCUT2D eigenvalue weighted by Crippen LogP contribution is -2.39. The van der Waals surface area contributed by atoms with E-state index in [0.29, 0.717) is 13.0 Å². The molecule has 2 rings (SSSR count). The third-order valence-corrected chi connectivity index (χ3v) is 3.34. The van der Waals surface area contributed by atoms with Crippen LogP contribution in [-0.2, 0) is 14.3 Å². The monoisotopic (exact) mass is 247 g/mol. The van der Waals surface area contributed by atoms with E-state index in [1.165, 1.54) is 4.90 Å². The fourth-order valence-electron chi connectivity index (χ4n) is 2.42. The molecule has 1 aromatic carbocycles. The van der Waals surface area contributed by atoms with Gasteiger partial charge in [0.15, 0.2) is 0 Å². The van der Waals surface area contributed by atoms with Gasteiger partial charge in [0.25, 0.3) is 0 Å². The average Bonchev–Trinajstić information content (AvgIpc) is 2.67. The lowest BCUT2D eigenvalue weighted by Gasteiger charge is -2.23. The number of esters is 1. The maximum atomic E-state index is 12.0. The summed E-state index contributed by atoms with van der Waals surface area (Å²) in [7, 11) is 1.66. The minimum absolute atomic E-state index is 0.0121. The van der Waals surface area contributed by atoms with Crippen LogP contribution in [0, 0.1) is 0 Å². The van der Waals surface area contributed by atoms with Gasteiger partial charge < -0.3 is 9.64 Å². The highest BCUT2D eigenvalue weighted by Crippen LogP contribution is 2.33. The van der Waals surface area contributed by atoms with E-state index >= 15 is 0 Å². The van der Waals surface area contributed by atoms with Crippen LogP contribution < -0.4 is 0 Å². The molecule has 18 heavy (non-hydrogen) atoms. The molecule has 4 nitrogen and oxygen atoms in total. The van der Waals surface area contributed by atoms with Crippen molar-refractivity contribution in [2.75, 3.05) is 13.7 Å². The number of hydrogen-bond acceptors (Lipinski definition) is 3. The van der Waals surface area contributed by atoms with Gasteiger partial charge in [0.05, 0.1) is 6.61 Å². The summed E-state index contributed by atoms with van der Waals surface area (Å²) in [5, 5.41) is 0. The van der Waals surface area contributed by atoms with Crippen LogP contribution in [0.5, 0.6) is 0 Å². The van der Waals surface area contributed by atoms with E-state index < -0.39 is 6.04 Å². The zero-order valence-electron chi connectivity index (χ0n) is 10.6. The van der Waals surface area contributed by atoms with Crippen molar-refractivity contribution in [3.05, 3.63) is 35.9 Å². The zero-order valence-corrected chi connectivity index (χ0v) is 10.6. The SMILES string of the molecule is CCOC(=O)[C@@H]1[C@H](c2ccccc2)CC(=O)N1C. The van der Waals surface area contributed by atoms with Crippen LogP contribution >= 0.6 is 0 Å². The van der Waals surface area contributed by atoms with Gasteiger partial charge in [0.1, 0.15) is 6.04 Å². The molecule has 1 amide bonds. The van der Waals surface area contributed by atoms with Gasteiger partial charge in [0, 0.05) is 19.4 Å². The Labute approximate surface area is 107 Å². The maximum absolute atomic E-state index is 12.0. The first-order valence-corrected chi connectivity index (χ1v) is 6.12. The van der Waals surface area contributed by atoms with Crippen molar-refractivity contribution in [2.45, 2.75) is 25.3 Å². The average molecular weight is 247 g/mol. The van der Waals surface area contributed by atoms with Gasteiger partial charge in [-0.2, -0.15) is 0 Å². The van der Waals surface area contributed by atoms with Crippen LogP contribution in [-0.4, -0.2) is 36.5 Å². The maximum Gasteiger partial charge on any atom is 0.329 e. The summed E-state index contributed by atoms with van der Waals surface area (Å²) in [4.78, 5) is 25.3. The molecule has 0 saturated carbocycles. The standard InChI is InChI=1S/C14H17NO3/c1-3-18-14(17)13-11(9-12(16)15(13)2)10-7-5-4-6-8-10/h4-8,11,13H,3,9H2,1-2H3/t11-,13-/m0/s1. The molecule has 0 spiro atoms. The Morgan fingerprint density at radius 3 is 2.67 bits per heavy atom. The van der Waals surface area contributed by atoms with E-state index in [1.807, 2.05) is 30.3 Å². The van der Waals surface area contributed by atoms with Crippen LogP contribution in [0.3, 0.4) is 0 Å². The van der Waals surface area contributed by atoms with Crippen molar-refractivity contribution in [2.24, 2.45) is 0 Å². The second-order valence-electron chi connectivity index (χ2n) is 4.42. The lowest BCUT2D eigenvalue weighted by molar-refractivity contribution is -0.150. The van der Waals surface area contributed by atoms with E-state index in [1.54, 1.807) is 14.0 Å². The number of nitrogens with zero attached hydrogens (tertiary/aromatic N) is 1. The first-order valence-electron chi connectivity index (χ1n) is 6.12. The molecule has 1 aliphatic rings. The molecule has 0 bridgehead atoms. The van der Waals surface area contributed by atoms with E-state index in [0.717, 1.165) is 5.56 Å². The Bertz CT molecular complexity index is 444. The fraction of sp³-hybridized carbons (Fsp3) is 0.429. The van der Waals surface area contributed by atoms with E-state index in [9.17, 15) is 9.59 Å². The van der Waals surface area contributed by atoms with E-state index in [2.05, 4.69) is 0 Å². The number of rotatable bonds is 3. The molecule has 0 radical (unpaired) electrons. The molecule has 1 fully saturated rings. The van der Waals surface area contributed by atoms with E-state index in [4.69, 9.17) is 4.74 Å².